The summed E-state index contributed by atoms with van der Waals surface area (Å²) in [5, 5.41) is 2.17. The molecule has 0 amide bonds. The lowest BCUT2D eigenvalue weighted by molar-refractivity contribution is 0.217. The first-order valence-electron chi connectivity index (χ1n) is 6.84. The second kappa shape index (κ2) is 4.01. The predicted molar refractivity (Wildman–Crippen MR) is 75.4 cm³/mol. The molecule has 2 aromatic rings. The van der Waals surface area contributed by atoms with E-state index in [1.165, 1.54) is 54.6 Å². The number of fused-ring (bicyclic) bond motifs is 6. The van der Waals surface area contributed by atoms with E-state index in [-0.39, 0.29) is 0 Å². The molecule has 0 saturated carbocycles. The Morgan fingerprint density at radius 3 is 3.17 bits per heavy atom. The number of halogens is 1. The van der Waals surface area contributed by atoms with E-state index in [4.69, 9.17) is 11.6 Å². The molecule has 2 aliphatic rings. The van der Waals surface area contributed by atoms with Crippen molar-refractivity contribution in [3.8, 4) is 0 Å². The molecule has 18 heavy (non-hydrogen) atoms. The molecule has 2 atom stereocenters. The minimum Gasteiger partial charge on any atom is -0.358 e. The highest BCUT2D eigenvalue weighted by Crippen LogP contribution is 2.38. The lowest BCUT2D eigenvalue weighted by atomic mass is 9.93. The minimum absolute atomic E-state index is 0.680. The largest absolute Gasteiger partial charge is 0.358 e. The lowest BCUT2D eigenvalue weighted by Crippen LogP contribution is -2.33. The third-order valence-corrected chi connectivity index (χ3v) is 4.82. The van der Waals surface area contributed by atoms with Gasteiger partial charge in [-0.05, 0) is 43.5 Å². The Hall–Kier alpha value is -0.990. The van der Waals surface area contributed by atoms with Gasteiger partial charge in [0.15, 0.2) is 0 Å². The Kier molecular flexibility index (Phi) is 2.42. The van der Waals surface area contributed by atoms with E-state index in [0.29, 0.717) is 5.92 Å². The van der Waals surface area contributed by atoms with E-state index >= 15 is 0 Å². The highest BCUT2D eigenvalue weighted by Gasteiger charge is 2.29. The molecule has 1 aromatic carbocycles. The van der Waals surface area contributed by atoms with E-state index < -0.39 is 0 Å². The van der Waals surface area contributed by atoms with Crippen molar-refractivity contribution in [3.63, 3.8) is 0 Å². The zero-order chi connectivity index (χ0) is 12.1. The molecule has 2 nitrogen and oxygen atoms in total. The summed E-state index contributed by atoms with van der Waals surface area (Å²) < 4.78 is 0. The van der Waals surface area contributed by atoms with Crippen LogP contribution in [-0.2, 0) is 6.42 Å². The summed E-state index contributed by atoms with van der Waals surface area (Å²) in [6.45, 7) is 3.67. The van der Waals surface area contributed by atoms with Gasteiger partial charge in [0.1, 0.15) is 0 Å². The molecule has 0 aliphatic carbocycles. The number of aromatic nitrogens is 1. The summed E-state index contributed by atoms with van der Waals surface area (Å²) in [6, 6.07) is 6.19. The molecule has 94 valence electrons. The van der Waals surface area contributed by atoms with Gasteiger partial charge in [-0.1, -0.05) is 17.7 Å². The van der Waals surface area contributed by atoms with E-state index in [9.17, 15) is 0 Å². The van der Waals surface area contributed by atoms with Gasteiger partial charge in [-0.25, -0.2) is 0 Å². The summed E-state index contributed by atoms with van der Waals surface area (Å²) in [5.74, 6) is 0.680. The number of hydrogen-bond donors (Lipinski definition) is 1. The topological polar surface area (TPSA) is 19.0 Å². The minimum atomic E-state index is 0.680. The Bertz CT molecular complexity index is 602. The Morgan fingerprint density at radius 1 is 1.28 bits per heavy atom. The monoisotopic (exact) mass is 260 g/mol. The third-order valence-electron chi connectivity index (χ3n) is 4.50. The number of benzene rings is 1. The molecule has 3 heteroatoms. The van der Waals surface area contributed by atoms with E-state index in [0.717, 1.165) is 11.4 Å². The molecule has 0 radical (unpaired) electrons. The molecule has 3 heterocycles. The van der Waals surface area contributed by atoms with Gasteiger partial charge in [-0.15, -0.1) is 0 Å². The van der Waals surface area contributed by atoms with Crippen LogP contribution in [0.4, 0.5) is 0 Å². The van der Waals surface area contributed by atoms with Crippen LogP contribution in [0.3, 0.4) is 0 Å². The molecule has 1 saturated heterocycles. The van der Waals surface area contributed by atoms with Crippen molar-refractivity contribution in [2.45, 2.75) is 25.2 Å². The van der Waals surface area contributed by atoms with Gasteiger partial charge in [0.2, 0.25) is 0 Å². The Labute approximate surface area is 112 Å². The molecule has 1 aromatic heterocycles. The molecule has 1 N–H and O–H groups in total. The quantitative estimate of drug-likeness (QED) is 0.767. The summed E-state index contributed by atoms with van der Waals surface area (Å²) in [5.41, 5.74) is 4.15. The van der Waals surface area contributed by atoms with Gasteiger partial charge in [0.05, 0.1) is 5.02 Å². The molecular weight excluding hydrogens is 244 g/mol. The van der Waals surface area contributed by atoms with Gasteiger partial charge in [0, 0.05) is 35.6 Å². The summed E-state index contributed by atoms with van der Waals surface area (Å²) in [6.07, 6.45) is 3.77. The van der Waals surface area contributed by atoms with Crippen LogP contribution in [0.1, 0.15) is 30.0 Å². The summed E-state index contributed by atoms with van der Waals surface area (Å²) >= 11 is 6.40. The average Bonchev–Trinajstić information content (AvgIpc) is 2.72. The maximum absolute atomic E-state index is 6.40. The van der Waals surface area contributed by atoms with Crippen molar-refractivity contribution in [1.82, 2.24) is 9.88 Å². The van der Waals surface area contributed by atoms with Crippen molar-refractivity contribution in [2.24, 2.45) is 0 Å². The van der Waals surface area contributed by atoms with Crippen molar-refractivity contribution in [3.05, 3.63) is 34.5 Å². The predicted octanol–water partition coefficient (Wildman–Crippen LogP) is 3.56. The average molecular weight is 261 g/mol. The van der Waals surface area contributed by atoms with Crippen LogP contribution < -0.4 is 0 Å². The molecule has 2 unspecified atom stereocenters. The van der Waals surface area contributed by atoms with Crippen LogP contribution in [0.2, 0.25) is 5.02 Å². The summed E-state index contributed by atoms with van der Waals surface area (Å²) in [7, 11) is 0. The van der Waals surface area contributed by atoms with Crippen molar-refractivity contribution in [1.29, 1.82) is 0 Å². The van der Waals surface area contributed by atoms with Crippen LogP contribution in [0.15, 0.2) is 18.2 Å². The fraction of sp³-hybridized carbons (Fsp3) is 0.467. The van der Waals surface area contributed by atoms with Crippen LogP contribution in [0, 0.1) is 0 Å². The molecule has 4 rings (SSSR count). The smallest absolute Gasteiger partial charge is 0.0502 e. The van der Waals surface area contributed by atoms with E-state index in [1.54, 1.807) is 0 Å². The third kappa shape index (κ3) is 1.52. The van der Waals surface area contributed by atoms with Crippen LogP contribution in [0.25, 0.3) is 10.9 Å². The van der Waals surface area contributed by atoms with Crippen LogP contribution in [0.5, 0.6) is 0 Å². The second-order valence-electron chi connectivity index (χ2n) is 5.57. The second-order valence-corrected chi connectivity index (χ2v) is 5.98. The van der Waals surface area contributed by atoms with E-state index in [2.05, 4.69) is 16.0 Å². The van der Waals surface area contributed by atoms with Gasteiger partial charge >= 0.3 is 0 Å². The number of nitrogens with one attached hydrogen (secondary N) is 1. The maximum atomic E-state index is 6.40. The zero-order valence-corrected chi connectivity index (χ0v) is 11.1. The number of nitrogens with zero attached hydrogens (tertiary/aromatic N) is 1. The standard InChI is InChI=1S/C15H17ClN2/c16-12-4-1-5-13-14(12)11-6-8-18-7-2-3-10(9-18)15(11)17-13/h1,4-5,10,17H,2-3,6-9H2. The highest BCUT2D eigenvalue weighted by atomic mass is 35.5. The van der Waals surface area contributed by atoms with Crippen LogP contribution in [-0.4, -0.2) is 29.5 Å². The fourth-order valence-electron chi connectivity index (χ4n) is 3.66. The molecular formula is C15H17ClN2. The van der Waals surface area contributed by atoms with Gasteiger partial charge in [-0.2, -0.15) is 0 Å². The van der Waals surface area contributed by atoms with Gasteiger partial charge in [-0.3, -0.25) is 0 Å². The highest BCUT2D eigenvalue weighted by molar-refractivity contribution is 6.35. The lowest BCUT2D eigenvalue weighted by Gasteiger charge is -2.29. The van der Waals surface area contributed by atoms with Crippen LogP contribution >= 0.6 is 11.6 Å². The Balaban J connectivity index is 1.95. The number of hydrogen-bond acceptors (Lipinski definition) is 1. The zero-order valence-electron chi connectivity index (χ0n) is 10.4. The number of H-pyrrole nitrogens is 1. The first-order chi connectivity index (χ1) is 8.83. The molecule has 2 aliphatic heterocycles. The Morgan fingerprint density at radius 2 is 2.22 bits per heavy atom. The maximum Gasteiger partial charge on any atom is 0.0502 e. The number of piperidine rings is 1. The SMILES string of the molecule is Clc1cccc2[nH]c3c(c12)CCN1CCCC3C1. The molecule has 0 spiro atoms. The summed E-state index contributed by atoms with van der Waals surface area (Å²) in [4.78, 5) is 6.24. The molecule has 1 fully saturated rings. The number of rotatable bonds is 0. The molecule has 2 bridgehead atoms. The first kappa shape index (κ1) is 10.9. The van der Waals surface area contributed by atoms with Gasteiger partial charge < -0.3 is 9.88 Å². The van der Waals surface area contributed by atoms with Crippen molar-refractivity contribution in [2.75, 3.05) is 19.6 Å². The first-order valence-corrected chi connectivity index (χ1v) is 7.22. The fourth-order valence-corrected chi connectivity index (χ4v) is 3.95. The normalized spacial score (nSPS) is 26.9. The van der Waals surface area contributed by atoms with Crippen molar-refractivity contribution < 1.29 is 0 Å². The van der Waals surface area contributed by atoms with E-state index in [1.807, 2.05) is 12.1 Å². The van der Waals surface area contributed by atoms with Gasteiger partial charge in [0.25, 0.3) is 0 Å². The van der Waals surface area contributed by atoms with Crippen molar-refractivity contribution >= 4 is 22.5 Å². The number of aromatic amines is 1.